The van der Waals surface area contributed by atoms with Crippen LogP contribution in [-0.2, 0) is 33.6 Å². The third-order valence-corrected chi connectivity index (χ3v) is 9.04. The Labute approximate surface area is 267 Å². The van der Waals surface area contributed by atoms with E-state index in [0.717, 1.165) is 74.5 Å². The molecule has 6 heteroatoms. The molecule has 0 saturated carbocycles. The number of aryl methyl sites for hydroxylation is 2. The minimum absolute atomic E-state index is 0.0411. The van der Waals surface area contributed by atoms with Crippen molar-refractivity contribution in [2.24, 2.45) is 5.92 Å². The molecule has 1 saturated heterocycles. The van der Waals surface area contributed by atoms with Gasteiger partial charge in [-0.2, -0.15) is 0 Å². The van der Waals surface area contributed by atoms with E-state index in [4.69, 9.17) is 4.74 Å². The minimum Gasteiger partial charge on any atom is -0.460 e. The van der Waals surface area contributed by atoms with Crippen LogP contribution < -0.4 is 0 Å². The number of amides is 2. The first-order chi connectivity index (χ1) is 21.2. The van der Waals surface area contributed by atoms with Crippen molar-refractivity contribution in [2.75, 3.05) is 13.1 Å². The number of hydrogen-bond acceptors (Lipinski definition) is 4. The first-order valence-electron chi connectivity index (χ1n) is 17.1. The van der Waals surface area contributed by atoms with Crippen LogP contribution in [0.4, 0.5) is 0 Å². The van der Waals surface area contributed by atoms with E-state index in [1.54, 1.807) is 4.90 Å². The van der Waals surface area contributed by atoms with Gasteiger partial charge in [0.25, 0.3) is 5.91 Å². The third kappa shape index (κ3) is 10.5. The van der Waals surface area contributed by atoms with Crippen LogP contribution in [0, 0.1) is 12.8 Å². The average Bonchev–Trinajstić information content (AvgIpc) is 3.45. The van der Waals surface area contributed by atoms with Crippen molar-refractivity contribution in [3.05, 3.63) is 70.3 Å². The van der Waals surface area contributed by atoms with E-state index in [9.17, 15) is 14.4 Å². The van der Waals surface area contributed by atoms with Crippen LogP contribution in [0.2, 0.25) is 0 Å². The molecule has 44 heavy (non-hydrogen) atoms. The average molecular weight is 607 g/mol. The highest BCUT2D eigenvalue weighted by molar-refractivity contribution is 5.95. The van der Waals surface area contributed by atoms with Crippen LogP contribution >= 0.6 is 0 Å². The summed E-state index contributed by atoms with van der Waals surface area (Å²) in [6.07, 6.45) is 9.27. The predicted octanol–water partition coefficient (Wildman–Crippen LogP) is 7.97. The van der Waals surface area contributed by atoms with Crippen LogP contribution in [0.3, 0.4) is 0 Å². The van der Waals surface area contributed by atoms with Crippen LogP contribution in [0.1, 0.15) is 120 Å². The zero-order chi connectivity index (χ0) is 32.6. The first kappa shape index (κ1) is 37.0. The summed E-state index contributed by atoms with van der Waals surface area (Å²) in [6, 6.07) is 15.0. The summed E-state index contributed by atoms with van der Waals surface area (Å²) >= 11 is 0. The van der Waals surface area contributed by atoms with Crippen LogP contribution in [-0.4, -0.2) is 59.4 Å². The Morgan fingerprint density at radius 1 is 1.02 bits per heavy atom. The van der Waals surface area contributed by atoms with Gasteiger partial charge in [-0.1, -0.05) is 84.7 Å². The molecule has 1 fully saturated rings. The van der Waals surface area contributed by atoms with Crippen LogP contribution in [0.15, 0.2) is 42.5 Å². The van der Waals surface area contributed by atoms with Gasteiger partial charge < -0.3 is 14.5 Å². The van der Waals surface area contributed by atoms with E-state index in [1.165, 1.54) is 18.1 Å². The summed E-state index contributed by atoms with van der Waals surface area (Å²) in [5, 5.41) is 0. The molecule has 2 aromatic rings. The molecule has 1 heterocycles. The molecule has 3 rings (SSSR count). The van der Waals surface area contributed by atoms with E-state index < -0.39 is 6.10 Å². The number of ether oxygens (including phenoxy) is 1. The number of likely N-dealkylation sites (tertiary alicyclic amines) is 1. The van der Waals surface area contributed by atoms with Crippen molar-refractivity contribution in [2.45, 2.75) is 131 Å². The van der Waals surface area contributed by atoms with Crippen molar-refractivity contribution >= 4 is 18.3 Å². The Balaban J connectivity index is 0.00000330. The molecule has 4 unspecified atom stereocenters. The fourth-order valence-electron chi connectivity index (χ4n) is 6.45. The van der Waals surface area contributed by atoms with Gasteiger partial charge in [0.1, 0.15) is 6.10 Å². The topological polar surface area (TPSA) is 66.9 Å². The van der Waals surface area contributed by atoms with Crippen LogP contribution in [0.25, 0.3) is 0 Å². The molecule has 2 aromatic carbocycles. The normalized spacial score (nSPS) is 17.3. The van der Waals surface area contributed by atoms with Crippen molar-refractivity contribution in [1.82, 2.24) is 9.80 Å². The van der Waals surface area contributed by atoms with Gasteiger partial charge in [0.2, 0.25) is 6.41 Å². The van der Waals surface area contributed by atoms with Gasteiger partial charge in [0.15, 0.2) is 0 Å². The first-order valence-corrected chi connectivity index (χ1v) is 17.1. The maximum absolute atomic E-state index is 13.8. The fraction of sp³-hybridized carbons (Fsp3) is 0.605. The largest absolute Gasteiger partial charge is 0.460 e. The molecule has 0 bridgehead atoms. The molecule has 6 nitrogen and oxygen atoms in total. The highest BCUT2D eigenvalue weighted by atomic mass is 16.5. The number of unbranched alkanes of at least 4 members (excludes halogenated alkanes) is 1. The van der Waals surface area contributed by atoms with Gasteiger partial charge in [-0.3, -0.25) is 14.4 Å². The van der Waals surface area contributed by atoms with E-state index in [2.05, 4.69) is 51.7 Å². The Morgan fingerprint density at radius 3 is 2.32 bits per heavy atom. The number of nitrogens with zero attached hydrogens (tertiary/aromatic N) is 2. The van der Waals surface area contributed by atoms with Gasteiger partial charge >= 0.3 is 5.97 Å². The van der Waals surface area contributed by atoms with Gasteiger partial charge in [-0.05, 0) is 92.2 Å². The second-order valence-corrected chi connectivity index (χ2v) is 12.1. The molecule has 0 radical (unpaired) electrons. The number of benzene rings is 2. The minimum atomic E-state index is -0.409. The lowest BCUT2D eigenvalue weighted by molar-refractivity contribution is -0.151. The number of hydrogen-bond donors (Lipinski definition) is 0. The van der Waals surface area contributed by atoms with Crippen molar-refractivity contribution in [1.29, 1.82) is 0 Å². The summed E-state index contributed by atoms with van der Waals surface area (Å²) in [6.45, 7) is 16.9. The van der Waals surface area contributed by atoms with E-state index in [1.807, 2.05) is 44.2 Å². The molecule has 244 valence electrons. The van der Waals surface area contributed by atoms with Gasteiger partial charge in [0, 0.05) is 31.1 Å². The van der Waals surface area contributed by atoms with Gasteiger partial charge in [0.05, 0.1) is 6.54 Å². The summed E-state index contributed by atoms with van der Waals surface area (Å²) in [5.74, 6) is -0.169. The van der Waals surface area contributed by atoms with E-state index in [-0.39, 0.29) is 17.8 Å². The van der Waals surface area contributed by atoms with Crippen molar-refractivity contribution < 1.29 is 19.1 Å². The number of rotatable bonds is 16. The van der Waals surface area contributed by atoms with Gasteiger partial charge in [-0.25, -0.2) is 0 Å². The molecule has 0 aromatic heterocycles. The summed E-state index contributed by atoms with van der Waals surface area (Å²) in [5.41, 5.74) is 5.45. The number of carbonyl (C=O) groups excluding carboxylic acids is 3. The number of esters is 1. The van der Waals surface area contributed by atoms with Gasteiger partial charge in [-0.15, -0.1) is 0 Å². The third-order valence-electron chi connectivity index (χ3n) is 9.04. The fourth-order valence-corrected chi connectivity index (χ4v) is 6.45. The molecular weight excluding hydrogens is 548 g/mol. The lowest BCUT2D eigenvalue weighted by atomic mass is 9.91. The maximum Gasteiger partial charge on any atom is 0.302 e. The van der Waals surface area contributed by atoms with Crippen molar-refractivity contribution in [3.8, 4) is 0 Å². The molecule has 0 N–H and O–H groups in total. The highest BCUT2D eigenvalue weighted by Crippen LogP contribution is 2.31. The summed E-state index contributed by atoms with van der Waals surface area (Å²) < 4.78 is 5.74. The molecule has 1 aliphatic heterocycles. The molecule has 0 aliphatic carbocycles. The van der Waals surface area contributed by atoms with E-state index in [0.29, 0.717) is 31.6 Å². The Bertz CT molecular complexity index is 1180. The highest BCUT2D eigenvalue weighted by Gasteiger charge is 2.36. The lowest BCUT2D eigenvalue weighted by Crippen LogP contribution is -2.41. The smallest absolute Gasteiger partial charge is 0.302 e. The summed E-state index contributed by atoms with van der Waals surface area (Å²) in [4.78, 5) is 41.8. The standard InChI is InChI=1S/C36H52N2O4.C2H6/c1-7-10-15-34-19-18-33(9-3)38(34)36(41)32-17-16-26(4)30(23-32)20-21-37(25-39)24-35(42-28(6)40)27(5)22-31-14-12-11-13-29(31)8-2;1-2/h11-14,16-17,23,25,27,33-35H,7-10,15,18-22,24H2,1-6H3;1-2H3. The zero-order valence-corrected chi connectivity index (χ0v) is 28.7. The zero-order valence-electron chi connectivity index (χ0n) is 28.7. The lowest BCUT2D eigenvalue weighted by Gasteiger charge is -2.31. The quantitative estimate of drug-likeness (QED) is 0.144. The maximum atomic E-state index is 13.8. The molecule has 0 spiro atoms. The SMILES string of the molecule is CC.CCCCC1CCC(CC)N1C(=O)c1ccc(C)c(CCN(C=O)CC(OC(C)=O)C(C)Cc2ccccc2CC)c1. The Kier molecular flexibility index (Phi) is 16.2. The van der Waals surface area contributed by atoms with Crippen LogP contribution in [0.5, 0.6) is 0 Å². The summed E-state index contributed by atoms with van der Waals surface area (Å²) in [7, 11) is 0. The Hall–Kier alpha value is -3.15. The molecule has 1 aliphatic rings. The second-order valence-electron chi connectivity index (χ2n) is 12.1. The Morgan fingerprint density at radius 2 is 1.70 bits per heavy atom. The molecule has 4 atom stereocenters. The predicted molar refractivity (Wildman–Crippen MR) is 181 cm³/mol. The van der Waals surface area contributed by atoms with Crippen molar-refractivity contribution in [3.63, 3.8) is 0 Å². The number of carbonyl (C=O) groups is 3. The monoisotopic (exact) mass is 606 g/mol. The molecule has 2 amide bonds. The molecular formula is C38H58N2O4. The van der Waals surface area contributed by atoms with E-state index >= 15 is 0 Å². The second kappa shape index (κ2) is 19.3.